The molecule has 2 heterocycles. The predicted molar refractivity (Wildman–Crippen MR) is 146 cm³/mol. The van der Waals surface area contributed by atoms with Gasteiger partial charge in [0, 0.05) is 24.6 Å². The molecule has 3 aromatic carbocycles. The average molecular weight is 597 g/mol. The average Bonchev–Trinajstić information content (AvgIpc) is 3.55. The molecule has 41 heavy (non-hydrogen) atoms. The fraction of sp³-hybridized carbons (Fsp3) is 0.148. The Morgan fingerprint density at radius 2 is 1.66 bits per heavy atom. The zero-order valence-electron chi connectivity index (χ0n) is 21.3. The third-order valence-electron chi connectivity index (χ3n) is 6.37. The molecule has 1 aliphatic rings. The summed E-state index contributed by atoms with van der Waals surface area (Å²) >= 11 is 0. The molecule has 0 spiro atoms. The molecule has 2 N–H and O–H groups in total. The van der Waals surface area contributed by atoms with Gasteiger partial charge in [0.15, 0.2) is 0 Å². The number of rotatable bonds is 11. The van der Waals surface area contributed by atoms with E-state index in [-0.39, 0.29) is 34.7 Å². The van der Waals surface area contributed by atoms with Crippen LogP contribution in [-0.4, -0.2) is 60.3 Å². The van der Waals surface area contributed by atoms with Crippen molar-refractivity contribution in [3.05, 3.63) is 97.1 Å². The number of benzene rings is 3. The number of carboxylic acid groups (broad SMARTS) is 1. The highest BCUT2D eigenvalue weighted by Crippen LogP contribution is 2.30. The second-order valence-corrected chi connectivity index (χ2v) is 12.6. The number of hydrogen-bond donors (Lipinski definition) is 2. The second kappa shape index (κ2) is 11.2. The van der Waals surface area contributed by atoms with Gasteiger partial charge in [0.25, 0.3) is 15.9 Å². The van der Waals surface area contributed by atoms with Crippen molar-refractivity contribution >= 4 is 31.9 Å². The molecule has 0 bridgehead atoms. The van der Waals surface area contributed by atoms with E-state index in [1.54, 1.807) is 36.9 Å². The number of sulfonamides is 2. The van der Waals surface area contributed by atoms with Gasteiger partial charge in [0.1, 0.15) is 22.4 Å². The molecular weight excluding hydrogens is 572 g/mol. The number of hydrogen-bond acceptors (Lipinski definition) is 8. The van der Waals surface area contributed by atoms with Crippen LogP contribution in [0.5, 0.6) is 11.5 Å². The molecule has 0 saturated carbocycles. The Morgan fingerprint density at radius 3 is 2.27 bits per heavy atom. The number of nitrogens with one attached hydrogen (secondary N) is 1. The molecule has 0 aliphatic carbocycles. The summed E-state index contributed by atoms with van der Waals surface area (Å²) in [6, 6.07) is 16.8. The molecule has 0 fully saturated rings. The number of aliphatic carboxylic acids is 1. The van der Waals surface area contributed by atoms with Crippen LogP contribution in [0.3, 0.4) is 0 Å². The Hall–Kier alpha value is -4.53. The Kier molecular flexibility index (Phi) is 7.62. The van der Waals surface area contributed by atoms with Gasteiger partial charge in [-0.05, 0) is 73.5 Å². The van der Waals surface area contributed by atoms with E-state index < -0.39 is 38.0 Å². The summed E-state index contributed by atoms with van der Waals surface area (Å²) in [4.78, 5) is 28.1. The maximum absolute atomic E-state index is 12.9. The van der Waals surface area contributed by atoms with Crippen molar-refractivity contribution in [1.82, 2.24) is 18.6 Å². The highest BCUT2D eigenvalue weighted by Gasteiger charge is 2.40. The third-order valence-corrected chi connectivity index (χ3v) is 9.70. The van der Waals surface area contributed by atoms with Crippen LogP contribution >= 0.6 is 0 Å². The van der Waals surface area contributed by atoms with Gasteiger partial charge < -0.3 is 14.4 Å². The van der Waals surface area contributed by atoms with E-state index >= 15 is 0 Å². The molecule has 0 saturated heterocycles. The molecule has 0 unspecified atom stereocenters. The Bertz CT molecular complexity index is 1790. The summed E-state index contributed by atoms with van der Waals surface area (Å²) in [6.45, 7) is -0.295. The van der Waals surface area contributed by atoms with Gasteiger partial charge in [-0.15, -0.1) is 0 Å². The predicted octanol–water partition coefficient (Wildman–Crippen LogP) is 3.02. The van der Waals surface area contributed by atoms with Crippen LogP contribution in [0.2, 0.25) is 0 Å². The summed E-state index contributed by atoms with van der Waals surface area (Å²) < 4.78 is 61.6. The largest absolute Gasteiger partial charge is 0.480 e. The molecule has 1 aromatic heterocycles. The lowest BCUT2D eigenvalue weighted by atomic mass is 10.1. The van der Waals surface area contributed by atoms with E-state index in [9.17, 15) is 31.5 Å². The molecule has 1 aliphatic heterocycles. The fourth-order valence-corrected chi connectivity index (χ4v) is 7.13. The van der Waals surface area contributed by atoms with E-state index in [0.717, 1.165) is 5.69 Å². The van der Waals surface area contributed by atoms with Gasteiger partial charge in [-0.1, -0.05) is 12.1 Å². The standard InChI is InChI=1S/C27H24N4O8S2/c32-26-23-4-1-2-6-25(23)41(37,38)31(26)16-3-5-24(27(33)34)29-40(35,36)22-13-11-21(12-14-22)39-20-9-7-19(8-10-20)30-17-15-28-18-30/h1-2,4,6-15,17-18,24,29H,3,5,16H2,(H,33,34)/t24-/m1/s1. The maximum atomic E-state index is 12.9. The highest BCUT2D eigenvalue weighted by molar-refractivity contribution is 7.90. The summed E-state index contributed by atoms with van der Waals surface area (Å²) in [5, 5.41) is 9.61. The van der Waals surface area contributed by atoms with Crippen LogP contribution in [-0.2, 0) is 24.8 Å². The first kappa shape index (κ1) is 28.0. The number of nitrogens with zero attached hydrogens (tertiary/aromatic N) is 3. The van der Waals surface area contributed by atoms with Gasteiger partial charge >= 0.3 is 5.97 Å². The summed E-state index contributed by atoms with van der Waals surface area (Å²) in [5.74, 6) is -1.25. The first-order valence-electron chi connectivity index (χ1n) is 12.3. The summed E-state index contributed by atoms with van der Waals surface area (Å²) in [6.07, 6.45) is 4.80. The normalized spacial score (nSPS) is 14.9. The lowest BCUT2D eigenvalue weighted by molar-refractivity contribution is -0.139. The van der Waals surface area contributed by atoms with Crippen LogP contribution in [0, 0.1) is 0 Å². The summed E-state index contributed by atoms with van der Waals surface area (Å²) in [5.41, 5.74) is 0.927. The van der Waals surface area contributed by atoms with Gasteiger partial charge in [-0.3, -0.25) is 9.59 Å². The van der Waals surface area contributed by atoms with Gasteiger partial charge in [0.2, 0.25) is 10.0 Å². The van der Waals surface area contributed by atoms with E-state index in [1.165, 1.54) is 42.5 Å². The number of carboxylic acids is 1. The van der Waals surface area contributed by atoms with Crippen molar-refractivity contribution in [1.29, 1.82) is 0 Å². The quantitative estimate of drug-likeness (QED) is 0.265. The SMILES string of the molecule is O=C(O)[C@@H](CCCN1C(=O)c2ccccc2S1(=O)=O)NS(=O)(=O)c1ccc(Oc2ccc(-n3ccnc3)cc2)cc1. The molecule has 12 nitrogen and oxygen atoms in total. The molecule has 5 rings (SSSR count). The van der Waals surface area contributed by atoms with Crippen LogP contribution in [0.4, 0.5) is 0 Å². The van der Waals surface area contributed by atoms with Crippen molar-refractivity contribution < 1.29 is 36.3 Å². The van der Waals surface area contributed by atoms with Gasteiger partial charge in [-0.25, -0.2) is 26.1 Å². The van der Waals surface area contributed by atoms with Crippen molar-refractivity contribution in [3.8, 4) is 17.2 Å². The minimum absolute atomic E-state index is 0.0434. The van der Waals surface area contributed by atoms with E-state index in [2.05, 4.69) is 9.71 Å². The van der Waals surface area contributed by atoms with Crippen molar-refractivity contribution in [2.24, 2.45) is 0 Å². The minimum atomic E-state index is -4.25. The number of imidazole rings is 1. The van der Waals surface area contributed by atoms with Gasteiger partial charge in [-0.2, -0.15) is 4.72 Å². The number of aromatic nitrogens is 2. The smallest absolute Gasteiger partial charge is 0.321 e. The van der Waals surface area contributed by atoms with Crippen molar-refractivity contribution in [2.75, 3.05) is 6.54 Å². The van der Waals surface area contributed by atoms with Crippen LogP contribution in [0.1, 0.15) is 23.2 Å². The molecule has 4 aromatic rings. The zero-order valence-corrected chi connectivity index (χ0v) is 23.0. The van der Waals surface area contributed by atoms with Crippen molar-refractivity contribution in [3.63, 3.8) is 0 Å². The molecule has 212 valence electrons. The van der Waals surface area contributed by atoms with Gasteiger partial charge in [0.05, 0.1) is 16.8 Å². The fourth-order valence-electron chi connectivity index (χ4n) is 4.30. The number of carbonyl (C=O) groups excluding carboxylic acids is 1. The summed E-state index contributed by atoms with van der Waals surface area (Å²) in [7, 11) is -8.29. The van der Waals surface area contributed by atoms with E-state index in [0.29, 0.717) is 15.8 Å². The number of fused-ring (bicyclic) bond motifs is 1. The number of amides is 1. The molecule has 0 radical (unpaired) electrons. The molecule has 1 atom stereocenters. The second-order valence-electron chi connectivity index (χ2n) is 9.07. The first-order chi connectivity index (χ1) is 19.6. The number of ether oxygens (including phenoxy) is 1. The first-order valence-corrected chi connectivity index (χ1v) is 15.3. The number of carbonyl (C=O) groups is 2. The van der Waals surface area contributed by atoms with Crippen LogP contribution in [0.25, 0.3) is 5.69 Å². The lowest BCUT2D eigenvalue weighted by Gasteiger charge is -2.18. The monoisotopic (exact) mass is 596 g/mol. The highest BCUT2D eigenvalue weighted by atomic mass is 32.2. The Balaban J connectivity index is 1.19. The van der Waals surface area contributed by atoms with E-state index in [1.807, 2.05) is 16.7 Å². The molecule has 14 heteroatoms. The molecular formula is C27H24N4O8S2. The minimum Gasteiger partial charge on any atom is -0.480 e. The zero-order chi connectivity index (χ0) is 29.2. The van der Waals surface area contributed by atoms with Crippen LogP contribution in [0.15, 0.2) is 101 Å². The Labute approximate surface area is 235 Å². The lowest BCUT2D eigenvalue weighted by Crippen LogP contribution is -2.41. The van der Waals surface area contributed by atoms with Crippen LogP contribution < -0.4 is 9.46 Å². The molecule has 1 amide bonds. The topological polar surface area (TPSA) is 165 Å². The third kappa shape index (κ3) is 5.84. The van der Waals surface area contributed by atoms with Crippen molar-refractivity contribution in [2.45, 2.75) is 28.7 Å². The van der Waals surface area contributed by atoms with E-state index in [4.69, 9.17) is 4.74 Å². The Morgan fingerprint density at radius 1 is 1.00 bits per heavy atom. The maximum Gasteiger partial charge on any atom is 0.321 e.